The molecule has 0 spiro atoms. The number of fused-ring (bicyclic) bond motifs is 1. The molecule has 2 aromatic rings. The smallest absolute Gasteiger partial charge is 0.253 e. The van der Waals surface area contributed by atoms with Crippen LogP contribution in [0.5, 0.6) is 0 Å². The topological polar surface area (TPSA) is 91.5 Å². The fourth-order valence-electron chi connectivity index (χ4n) is 6.25. The van der Waals surface area contributed by atoms with Crippen molar-refractivity contribution in [3.8, 4) is 0 Å². The summed E-state index contributed by atoms with van der Waals surface area (Å²) in [5, 5.41) is 15.0. The van der Waals surface area contributed by atoms with Gasteiger partial charge in [-0.2, -0.15) is 0 Å². The number of benzene rings is 1. The molecule has 1 aliphatic heterocycles. The predicted molar refractivity (Wildman–Crippen MR) is 132 cm³/mol. The van der Waals surface area contributed by atoms with E-state index in [0.717, 1.165) is 43.1 Å². The molecule has 3 fully saturated rings. The number of pyridine rings is 1. The lowest BCUT2D eigenvalue weighted by Gasteiger charge is -2.37. The number of rotatable bonds is 5. The zero-order valence-electron chi connectivity index (χ0n) is 19.6. The maximum atomic E-state index is 13.2. The third-order valence-electron chi connectivity index (χ3n) is 8.14. The number of aromatic nitrogens is 1. The summed E-state index contributed by atoms with van der Waals surface area (Å²) in [5.74, 6) is 2.26. The molecule has 3 aliphatic rings. The molecule has 1 amide bonds. The number of nitrogens with zero attached hydrogens (tertiary/aromatic N) is 2. The second kappa shape index (κ2) is 8.40. The monoisotopic (exact) mass is 470 g/mol. The highest BCUT2D eigenvalue weighted by Gasteiger charge is 2.49. The van der Waals surface area contributed by atoms with Crippen molar-refractivity contribution < 1.29 is 9.90 Å². The molecule has 2 aliphatic carbocycles. The van der Waals surface area contributed by atoms with Gasteiger partial charge >= 0.3 is 0 Å². The van der Waals surface area contributed by atoms with Crippen LogP contribution in [0.4, 0.5) is 5.82 Å². The molecule has 33 heavy (non-hydrogen) atoms. The zero-order valence-corrected chi connectivity index (χ0v) is 20.4. The number of nitrogens with one attached hydrogen (secondary N) is 1. The molecule has 2 unspecified atom stereocenters. The van der Waals surface area contributed by atoms with Crippen LogP contribution in [0.25, 0.3) is 10.9 Å². The van der Waals surface area contributed by atoms with Gasteiger partial charge in [-0.05, 0) is 81.0 Å². The Kier molecular flexibility index (Phi) is 5.82. The maximum Gasteiger partial charge on any atom is 0.253 e. The second-order valence-electron chi connectivity index (χ2n) is 10.9. The van der Waals surface area contributed by atoms with Crippen LogP contribution in [0.1, 0.15) is 69.2 Å². The number of aliphatic hydroxyl groups is 1. The van der Waals surface area contributed by atoms with E-state index in [9.17, 15) is 9.90 Å². The number of amides is 1. The zero-order chi connectivity index (χ0) is 23.4. The Hall–Kier alpha value is -1.89. The third-order valence-corrected chi connectivity index (χ3v) is 8.46. The fraction of sp³-hybridized carbons (Fsp3) is 0.615. The summed E-state index contributed by atoms with van der Waals surface area (Å²) in [4.78, 5) is 20.2. The molecule has 5 rings (SSSR count). The molecule has 4 N–H and O–H groups in total. The van der Waals surface area contributed by atoms with Crippen molar-refractivity contribution in [2.75, 3.05) is 18.0 Å². The van der Waals surface area contributed by atoms with Crippen LogP contribution in [-0.2, 0) is 0 Å². The molecule has 1 aromatic heterocycles. The lowest BCUT2D eigenvalue weighted by Crippen LogP contribution is -2.54. The molecule has 0 bridgehead atoms. The number of nitrogens with two attached hydrogens (primary N) is 1. The molecule has 1 saturated heterocycles. The van der Waals surface area contributed by atoms with Gasteiger partial charge < -0.3 is 21.1 Å². The lowest BCUT2D eigenvalue weighted by atomic mass is 9.79. The predicted octanol–water partition coefficient (Wildman–Crippen LogP) is 4.47. The Bertz CT molecular complexity index is 1070. The van der Waals surface area contributed by atoms with Gasteiger partial charge in [-0.1, -0.05) is 31.4 Å². The van der Waals surface area contributed by atoms with E-state index in [1.165, 1.54) is 12.8 Å². The summed E-state index contributed by atoms with van der Waals surface area (Å²) in [7, 11) is 0. The van der Waals surface area contributed by atoms with E-state index < -0.39 is 11.3 Å². The average Bonchev–Trinajstić information content (AvgIpc) is 3.54. The molecule has 2 heterocycles. The summed E-state index contributed by atoms with van der Waals surface area (Å²) in [6.45, 7) is 5.39. The van der Waals surface area contributed by atoms with Crippen molar-refractivity contribution in [3.05, 3.63) is 34.9 Å². The number of carbonyl (C=O) groups excluding carboxylic acids is 1. The van der Waals surface area contributed by atoms with Crippen LogP contribution < -0.4 is 16.0 Å². The normalized spacial score (nSPS) is 32.3. The van der Waals surface area contributed by atoms with E-state index in [1.807, 2.05) is 18.2 Å². The Morgan fingerprint density at radius 1 is 1.27 bits per heavy atom. The van der Waals surface area contributed by atoms with Crippen LogP contribution in [0.2, 0.25) is 5.02 Å². The molecular formula is C26H35ClN4O2. The number of hydrogen-bond donors (Lipinski definition) is 3. The van der Waals surface area contributed by atoms with E-state index in [1.54, 1.807) is 6.07 Å². The Morgan fingerprint density at radius 2 is 2.06 bits per heavy atom. The van der Waals surface area contributed by atoms with E-state index in [4.69, 9.17) is 22.3 Å². The van der Waals surface area contributed by atoms with Gasteiger partial charge in [-0.3, -0.25) is 4.79 Å². The maximum absolute atomic E-state index is 13.2. The molecule has 178 valence electrons. The van der Waals surface area contributed by atoms with Crippen molar-refractivity contribution in [1.82, 2.24) is 10.3 Å². The highest BCUT2D eigenvalue weighted by atomic mass is 35.5. The van der Waals surface area contributed by atoms with E-state index in [-0.39, 0.29) is 12.5 Å². The van der Waals surface area contributed by atoms with Crippen LogP contribution in [0, 0.1) is 17.8 Å². The lowest BCUT2D eigenvalue weighted by molar-refractivity contribution is -0.0109. The van der Waals surface area contributed by atoms with Crippen LogP contribution >= 0.6 is 11.6 Å². The minimum absolute atomic E-state index is 0.232. The van der Waals surface area contributed by atoms with E-state index >= 15 is 0 Å². The van der Waals surface area contributed by atoms with Gasteiger partial charge in [0.25, 0.3) is 5.91 Å². The van der Waals surface area contributed by atoms with Crippen molar-refractivity contribution in [2.24, 2.45) is 23.5 Å². The van der Waals surface area contributed by atoms with E-state index in [2.05, 4.69) is 24.1 Å². The van der Waals surface area contributed by atoms with Gasteiger partial charge in [0.1, 0.15) is 5.82 Å². The van der Waals surface area contributed by atoms with Crippen LogP contribution in [0.3, 0.4) is 0 Å². The molecule has 2 saturated carbocycles. The van der Waals surface area contributed by atoms with Gasteiger partial charge in [-0.15, -0.1) is 0 Å². The van der Waals surface area contributed by atoms with Gasteiger partial charge in [0.2, 0.25) is 0 Å². The van der Waals surface area contributed by atoms with E-state index in [0.29, 0.717) is 40.6 Å². The van der Waals surface area contributed by atoms with Crippen molar-refractivity contribution in [2.45, 2.75) is 70.1 Å². The minimum Gasteiger partial charge on any atom is -0.388 e. The molecular weight excluding hydrogens is 436 g/mol. The van der Waals surface area contributed by atoms with Crippen molar-refractivity contribution in [1.29, 1.82) is 0 Å². The number of carbonyl (C=O) groups is 1. The van der Waals surface area contributed by atoms with Gasteiger partial charge in [0, 0.05) is 18.5 Å². The first-order valence-electron chi connectivity index (χ1n) is 12.3. The molecule has 7 heteroatoms. The quantitative estimate of drug-likeness (QED) is 0.599. The summed E-state index contributed by atoms with van der Waals surface area (Å²) in [6.07, 6.45) is 7.17. The SMILES string of the molecule is C[C@H]1CCC[C@@](O)(CNC(=O)c2c(Cl)ccc3nc(N4CCC(C5CC5)C4(C)N)ccc23)C1. The van der Waals surface area contributed by atoms with Crippen molar-refractivity contribution >= 4 is 34.2 Å². The Balaban J connectivity index is 1.38. The van der Waals surface area contributed by atoms with Gasteiger partial charge in [-0.25, -0.2) is 4.98 Å². The summed E-state index contributed by atoms with van der Waals surface area (Å²) >= 11 is 6.47. The number of halogens is 1. The van der Waals surface area contributed by atoms with Crippen LogP contribution in [-0.4, -0.2) is 40.4 Å². The second-order valence-corrected chi connectivity index (χ2v) is 11.3. The summed E-state index contributed by atoms with van der Waals surface area (Å²) < 4.78 is 0. The average molecular weight is 471 g/mol. The highest BCUT2D eigenvalue weighted by Crippen LogP contribution is 2.48. The molecule has 1 aromatic carbocycles. The summed E-state index contributed by atoms with van der Waals surface area (Å²) in [5.41, 5.74) is 6.66. The first kappa shape index (κ1) is 22.9. The Morgan fingerprint density at radius 3 is 2.79 bits per heavy atom. The first-order chi connectivity index (χ1) is 15.7. The summed E-state index contributed by atoms with van der Waals surface area (Å²) in [6, 6.07) is 7.46. The number of hydrogen-bond acceptors (Lipinski definition) is 5. The largest absolute Gasteiger partial charge is 0.388 e. The fourth-order valence-corrected chi connectivity index (χ4v) is 6.50. The third kappa shape index (κ3) is 4.33. The van der Waals surface area contributed by atoms with Crippen molar-refractivity contribution in [3.63, 3.8) is 0 Å². The standard InChI is InChI=1S/C26H35ClN4O2/c1-16-4-3-12-26(33,14-16)15-29-24(32)23-18-7-10-22(30-21(18)9-8-20(23)27)31-13-11-19(17-5-6-17)25(31,2)28/h7-10,16-17,19,33H,3-6,11-15,28H2,1-2H3,(H,29,32)/t16-,19?,25?,26-/m0/s1. The van der Waals surface area contributed by atoms with Gasteiger partial charge in [0.05, 0.1) is 27.4 Å². The Labute approximate surface area is 200 Å². The van der Waals surface area contributed by atoms with Crippen LogP contribution in [0.15, 0.2) is 24.3 Å². The van der Waals surface area contributed by atoms with Gasteiger partial charge in [0.15, 0.2) is 0 Å². The molecule has 0 radical (unpaired) electrons. The first-order valence-corrected chi connectivity index (χ1v) is 12.7. The molecule has 4 atom stereocenters. The highest BCUT2D eigenvalue weighted by molar-refractivity contribution is 6.35. The number of anilines is 1. The minimum atomic E-state index is -0.852. The molecule has 6 nitrogen and oxygen atoms in total.